The molecule has 10 rings (SSSR count). The molecule has 43 heteroatoms. The minimum Gasteiger partial charge on any atom is -0.460 e. The zero-order valence-corrected chi connectivity index (χ0v) is 60.5. The molecule has 34 nitrogen and oxygen atoms in total. The van der Waals surface area contributed by atoms with Gasteiger partial charge in [0.25, 0.3) is 15.0 Å². The van der Waals surface area contributed by atoms with Crippen LogP contribution in [0.2, 0.25) is 0 Å². The summed E-state index contributed by atoms with van der Waals surface area (Å²) in [6, 6.07) is 34.5. The minimum atomic E-state index is -4.46. The van der Waals surface area contributed by atoms with Gasteiger partial charge in [-0.2, -0.15) is 46.4 Å². The molecule has 3 fully saturated rings. The van der Waals surface area contributed by atoms with Crippen LogP contribution in [-0.4, -0.2) is 168 Å². The number of nitrogens with zero attached hydrogens (tertiary/aromatic N) is 6. The number of nitrogen functional groups attached to an aromatic ring is 3. The molecule has 0 bridgehead atoms. The molecule has 586 valence electrons. The third kappa shape index (κ3) is 22.5. The summed E-state index contributed by atoms with van der Waals surface area (Å²) in [5.41, 5.74) is 15.1. The van der Waals surface area contributed by atoms with Gasteiger partial charge in [-0.1, -0.05) is 109 Å². The fourth-order valence-electron chi connectivity index (χ4n) is 10.2. The molecule has 0 aliphatic carbocycles. The van der Waals surface area contributed by atoms with Crippen molar-refractivity contribution in [3.8, 4) is 5.75 Å². The largest absolute Gasteiger partial charge is 0.460 e. The number of alkyl halides is 6. The predicted molar refractivity (Wildman–Crippen MR) is 369 cm³/mol. The van der Waals surface area contributed by atoms with Crippen LogP contribution in [0, 0.1) is 0 Å². The summed E-state index contributed by atoms with van der Waals surface area (Å²) in [6.07, 6.45) is -15.9. The van der Waals surface area contributed by atoms with Crippen molar-refractivity contribution in [3.63, 3.8) is 0 Å². The lowest BCUT2D eigenvalue weighted by Crippen LogP contribution is -2.42. The van der Waals surface area contributed by atoms with E-state index < -0.39 is 169 Å². The Balaban J connectivity index is 0.000000205. The number of nitrogens with one attached hydrogen (secondary N) is 3. The number of nitrogens with two attached hydrogens (primary N) is 3. The monoisotopic (exact) mass is 1580 g/mol. The number of carbonyl (C=O) groups excluding carboxylic acids is 3. The molecule has 0 spiro atoms. The van der Waals surface area contributed by atoms with Gasteiger partial charge in [-0.15, -0.1) is 0 Å². The van der Waals surface area contributed by atoms with Gasteiger partial charge in [0.15, 0.2) is 18.3 Å². The third-order valence-electron chi connectivity index (χ3n) is 15.7. The quantitative estimate of drug-likeness (QED) is 0.0126. The van der Waals surface area contributed by atoms with Crippen molar-refractivity contribution in [3.05, 3.63) is 206 Å². The standard InChI is InChI=1S/C25H27F2N4O8P.2C20H25F2N4O7P/c1-16(22(33)36-14-17-8-4-2-5-9-17)30-40(35,39-18-10-6-3-7-11-18)37-15-19-21(32)25(26,27)23(38-19)31-13-12-20(28)29-24(31)34;2*1-12(17(28)31-10-13-6-4-3-5-7-13)25-34(2,30)32-11-14-16(27)20(21,22)18(33-14)26-9-8-15(23)24-19(26)29/h2-13,16,19,21,23,32H,14-15H2,1H3,(H,30,35)(H2,28,29,34);2*3-9,12,14,16,18,27H,10-11H2,1-2H3,(H,25,30)(H2,23,24,29)/t16-,19+,21-,23+,40-;12-,14+,16-,18+,34?;12-,14+,16-,18+,34-/m000/s1. The maximum Gasteiger partial charge on any atom is 0.459 e. The lowest BCUT2D eigenvalue weighted by molar-refractivity contribution is -0.147. The molecular weight excluding hydrogens is 1510 g/mol. The molecule has 3 saturated heterocycles. The summed E-state index contributed by atoms with van der Waals surface area (Å²) in [6.45, 7) is 4.12. The Labute approximate surface area is 610 Å². The van der Waals surface area contributed by atoms with Gasteiger partial charge in [-0.3, -0.25) is 41.7 Å². The number of halogens is 6. The second-order valence-corrected chi connectivity index (χ2v) is 30.5. The summed E-state index contributed by atoms with van der Waals surface area (Å²) in [5, 5.41) is 37.7. The molecule has 15 atom stereocenters. The van der Waals surface area contributed by atoms with Crippen molar-refractivity contribution >= 4 is 58.1 Å². The Hall–Kier alpha value is -9.08. The predicted octanol–water partition coefficient (Wildman–Crippen LogP) is 5.20. The first-order chi connectivity index (χ1) is 50.8. The molecule has 1 unspecified atom stereocenters. The molecule has 3 aromatic heterocycles. The third-order valence-corrected chi connectivity index (χ3v) is 20.4. The maximum absolute atomic E-state index is 14.9. The lowest BCUT2D eigenvalue weighted by Gasteiger charge is -2.24. The lowest BCUT2D eigenvalue weighted by atomic mass is 10.1. The van der Waals surface area contributed by atoms with Crippen LogP contribution in [-0.2, 0) is 89.9 Å². The van der Waals surface area contributed by atoms with Gasteiger partial charge < -0.3 is 74.5 Å². The normalized spacial score (nSPS) is 23.6. The number of carbonyl (C=O) groups is 3. The summed E-state index contributed by atoms with van der Waals surface area (Å²) in [7, 11) is -11.9. The minimum absolute atomic E-state index is 0.0124. The fraction of sp³-hybridized carbons (Fsp3) is 0.400. The number of benzene rings is 4. The number of anilines is 3. The van der Waals surface area contributed by atoms with E-state index in [1.54, 1.807) is 97.1 Å². The van der Waals surface area contributed by atoms with Crippen LogP contribution in [0.5, 0.6) is 5.75 Å². The van der Waals surface area contributed by atoms with Crippen molar-refractivity contribution < 1.29 is 116 Å². The summed E-state index contributed by atoms with van der Waals surface area (Å²) >= 11 is 0. The zero-order chi connectivity index (χ0) is 79.1. The van der Waals surface area contributed by atoms with Gasteiger partial charge in [-0.05, 0) is 67.8 Å². The van der Waals surface area contributed by atoms with Crippen molar-refractivity contribution in [2.24, 2.45) is 0 Å². The molecule has 3 aliphatic heterocycles. The number of ether oxygens (including phenoxy) is 6. The molecule has 108 heavy (non-hydrogen) atoms. The summed E-state index contributed by atoms with van der Waals surface area (Å²) in [5.74, 6) is -14.4. The van der Waals surface area contributed by atoms with E-state index in [2.05, 4.69) is 30.2 Å². The molecule has 12 N–H and O–H groups in total. The van der Waals surface area contributed by atoms with Crippen molar-refractivity contribution in [1.82, 2.24) is 43.9 Å². The average molecular weight is 1590 g/mol. The molecule has 4 aromatic carbocycles. The number of aliphatic hydroxyl groups is 3. The highest BCUT2D eigenvalue weighted by Crippen LogP contribution is 2.50. The van der Waals surface area contributed by atoms with Crippen LogP contribution in [0.15, 0.2) is 173 Å². The first-order valence-corrected chi connectivity index (χ1v) is 38.0. The van der Waals surface area contributed by atoms with Crippen LogP contribution < -0.4 is 54.1 Å². The van der Waals surface area contributed by atoms with Gasteiger partial charge in [0, 0.05) is 31.9 Å². The van der Waals surface area contributed by atoms with Gasteiger partial charge in [0.05, 0.1) is 19.8 Å². The Kier molecular flexibility index (Phi) is 28.5. The number of hydrogen-bond acceptors (Lipinski definition) is 28. The van der Waals surface area contributed by atoms with Gasteiger partial charge in [0.2, 0.25) is 18.7 Å². The summed E-state index contributed by atoms with van der Waals surface area (Å²) < 4.78 is 181. The number of esters is 3. The Morgan fingerprint density at radius 1 is 0.463 bits per heavy atom. The summed E-state index contributed by atoms with van der Waals surface area (Å²) in [4.78, 5) is 83.0. The van der Waals surface area contributed by atoms with E-state index in [4.69, 9.17) is 63.7 Å². The van der Waals surface area contributed by atoms with Gasteiger partial charge in [-0.25, -0.2) is 29.1 Å². The molecule has 3 aliphatic rings. The first kappa shape index (κ1) is 84.5. The Bertz CT molecular complexity index is 4360. The van der Waals surface area contributed by atoms with Crippen molar-refractivity contribution in [1.29, 1.82) is 0 Å². The first-order valence-electron chi connectivity index (χ1n) is 32.4. The number of para-hydroxylation sites is 1. The molecular formula is C65H77F6N12O22P3. The highest BCUT2D eigenvalue weighted by molar-refractivity contribution is 7.56. The van der Waals surface area contributed by atoms with E-state index in [-0.39, 0.29) is 43.0 Å². The van der Waals surface area contributed by atoms with Crippen LogP contribution in [0.25, 0.3) is 0 Å². The number of aliphatic hydroxyl groups excluding tert-OH is 3. The van der Waals surface area contributed by atoms with Crippen molar-refractivity contribution in [2.75, 3.05) is 50.4 Å². The highest BCUT2D eigenvalue weighted by atomic mass is 31.2. The van der Waals surface area contributed by atoms with Gasteiger partial charge in [0.1, 0.15) is 79.5 Å². The Morgan fingerprint density at radius 3 is 1.02 bits per heavy atom. The molecule has 7 aromatic rings. The molecule has 0 radical (unpaired) electrons. The number of rotatable bonds is 29. The SMILES string of the molecule is C[C@H](NP(C)(=O)OC[C@H]1O[C@@H](n2ccc(N)nc2=O)C(F)(F)[C@H]1O)C(=O)OCc1ccccc1.C[C@H](N[P@@](C)(=O)OC[C@H]1O[C@@H](n2ccc(N)nc2=O)C(F)(F)[C@H]1O)C(=O)OCc1ccccc1.C[C@H](N[P@](=O)(OC[C@H]1O[C@@H](n2ccc(N)nc2=O)C(F)(F)[C@H]1O)Oc1ccccc1)C(=O)OCc1ccccc1. The molecule has 0 saturated carbocycles. The maximum atomic E-state index is 14.9. The van der Waals surface area contributed by atoms with E-state index in [9.17, 15) is 84.1 Å². The van der Waals surface area contributed by atoms with Crippen LogP contribution in [0.1, 0.15) is 56.1 Å². The number of hydrogen-bond donors (Lipinski definition) is 9. The average Bonchev–Trinajstić information content (AvgIpc) is 1.63. The highest BCUT2D eigenvalue weighted by Gasteiger charge is 2.62. The van der Waals surface area contributed by atoms with E-state index >= 15 is 0 Å². The van der Waals surface area contributed by atoms with Crippen LogP contribution in [0.3, 0.4) is 0 Å². The molecule has 0 amide bonds. The number of aromatic nitrogens is 6. The van der Waals surface area contributed by atoms with Crippen LogP contribution >= 0.6 is 22.8 Å². The van der Waals surface area contributed by atoms with E-state index in [0.29, 0.717) is 13.7 Å². The van der Waals surface area contributed by atoms with E-state index in [1.807, 2.05) is 12.1 Å². The second kappa shape index (κ2) is 36.4. The van der Waals surface area contributed by atoms with Crippen LogP contribution in [0.4, 0.5) is 43.8 Å². The second-order valence-electron chi connectivity index (χ2n) is 24.4. The van der Waals surface area contributed by atoms with E-state index in [1.165, 1.54) is 32.9 Å². The Morgan fingerprint density at radius 2 is 0.731 bits per heavy atom. The van der Waals surface area contributed by atoms with E-state index in [0.717, 1.165) is 66.8 Å². The van der Waals surface area contributed by atoms with Gasteiger partial charge >= 0.3 is 60.5 Å². The fourth-order valence-corrected chi connectivity index (χ4v) is 14.3. The smallest absolute Gasteiger partial charge is 0.459 e. The topological polar surface area (TPSA) is 474 Å². The van der Waals surface area contributed by atoms with Crippen molar-refractivity contribution in [2.45, 2.75) is 132 Å². The zero-order valence-electron chi connectivity index (χ0n) is 57.8. The molecule has 6 heterocycles.